The quantitative estimate of drug-likeness (QED) is 0.758. The number of rotatable bonds is 8. The van der Waals surface area contributed by atoms with E-state index >= 15 is 0 Å². The van der Waals surface area contributed by atoms with E-state index in [1.165, 1.54) is 0 Å². The minimum absolute atomic E-state index is 0.718. The second-order valence-electron chi connectivity index (χ2n) is 4.92. The Labute approximate surface area is 130 Å². The first-order chi connectivity index (χ1) is 10.2. The lowest BCUT2D eigenvalue weighted by Crippen LogP contribution is -2.19. The molecule has 0 amide bonds. The number of methoxy groups -OCH3 is 1. The first-order valence-electron chi connectivity index (χ1n) is 6.97. The zero-order valence-electron chi connectivity index (χ0n) is 12.8. The molecular formula is C15H22N4OS. The van der Waals surface area contributed by atoms with Crippen LogP contribution in [0.5, 0.6) is 0 Å². The van der Waals surface area contributed by atoms with Crippen LogP contribution < -0.4 is 10.2 Å². The summed E-state index contributed by atoms with van der Waals surface area (Å²) in [5, 5.41) is 6.41. The van der Waals surface area contributed by atoms with Crippen LogP contribution in [0, 0.1) is 6.92 Å². The summed E-state index contributed by atoms with van der Waals surface area (Å²) in [5.74, 6) is 0. The van der Waals surface area contributed by atoms with Crippen LogP contribution >= 0.6 is 11.3 Å². The van der Waals surface area contributed by atoms with E-state index in [1.807, 2.05) is 32.2 Å². The molecule has 2 rings (SSSR count). The molecule has 2 aromatic heterocycles. The van der Waals surface area contributed by atoms with Crippen LogP contribution in [-0.2, 0) is 17.8 Å². The number of hydrogen-bond acceptors (Lipinski definition) is 6. The largest absolute Gasteiger partial charge is 0.383 e. The standard InChI is InChI=1S/C15H22N4OS/c1-12-5-4-6-13(17-12)10-19(2)15-18-14(11-21-15)9-16-7-8-20-3/h4-6,11,16H,7-10H2,1-3H3. The second kappa shape index (κ2) is 8.07. The number of anilines is 1. The number of nitrogens with zero attached hydrogens (tertiary/aromatic N) is 3. The molecule has 114 valence electrons. The summed E-state index contributed by atoms with van der Waals surface area (Å²) in [7, 11) is 3.75. The molecule has 0 radical (unpaired) electrons. The van der Waals surface area contributed by atoms with Gasteiger partial charge in [-0.2, -0.15) is 0 Å². The normalized spacial score (nSPS) is 10.8. The molecular weight excluding hydrogens is 284 g/mol. The van der Waals surface area contributed by atoms with Gasteiger partial charge in [-0.15, -0.1) is 11.3 Å². The van der Waals surface area contributed by atoms with Crippen molar-refractivity contribution in [2.45, 2.75) is 20.0 Å². The number of nitrogens with one attached hydrogen (secondary N) is 1. The Balaban J connectivity index is 1.88. The maximum Gasteiger partial charge on any atom is 0.185 e. The van der Waals surface area contributed by atoms with Gasteiger partial charge in [0, 0.05) is 38.3 Å². The van der Waals surface area contributed by atoms with E-state index in [9.17, 15) is 0 Å². The van der Waals surface area contributed by atoms with Gasteiger partial charge < -0.3 is 15.0 Å². The monoisotopic (exact) mass is 306 g/mol. The number of hydrogen-bond donors (Lipinski definition) is 1. The maximum absolute atomic E-state index is 5.00. The fraction of sp³-hybridized carbons (Fsp3) is 0.467. The molecule has 0 unspecified atom stereocenters. The van der Waals surface area contributed by atoms with Crippen LogP contribution in [0.25, 0.3) is 0 Å². The van der Waals surface area contributed by atoms with Crippen molar-refractivity contribution in [1.29, 1.82) is 0 Å². The summed E-state index contributed by atoms with van der Waals surface area (Å²) in [6, 6.07) is 6.10. The predicted octanol–water partition coefficient (Wildman–Crippen LogP) is 2.22. The molecule has 0 aliphatic carbocycles. The van der Waals surface area contributed by atoms with E-state index in [1.54, 1.807) is 18.4 Å². The summed E-state index contributed by atoms with van der Waals surface area (Å²) in [5.41, 5.74) is 3.17. The molecule has 0 saturated heterocycles. The molecule has 5 nitrogen and oxygen atoms in total. The summed E-state index contributed by atoms with van der Waals surface area (Å²) in [6.45, 7) is 5.11. The summed E-state index contributed by atoms with van der Waals surface area (Å²) >= 11 is 1.66. The first kappa shape index (κ1) is 15.9. The van der Waals surface area contributed by atoms with E-state index in [4.69, 9.17) is 4.74 Å². The molecule has 0 fully saturated rings. The summed E-state index contributed by atoms with van der Waals surface area (Å²) < 4.78 is 5.00. The third-order valence-electron chi connectivity index (χ3n) is 3.00. The lowest BCUT2D eigenvalue weighted by atomic mass is 10.3. The molecule has 6 heteroatoms. The zero-order valence-corrected chi connectivity index (χ0v) is 13.6. The Bertz CT molecular complexity index is 558. The number of aromatic nitrogens is 2. The SMILES string of the molecule is COCCNCc1csc(N(C)Cc2cccc(C)n2)n1. The Morgan fingerprint density at radius 1 is 1.29 bits per heavy atom. The molecule has 2 aromatic rings. The highest BCUT2D eigenvalue weighted by atomic mass is 32.1. The van der Waals surface area contributed by atoms with E-state index in [2.05, 4.69) is 25.6 Å². The Morgan fingerprint density at radius 2 is 2.14 bits per heavy atom. The van der Waals surface area contributed by atoms with Gasteiger partial charge in [-0.3, -0.25) is 4.98 Å². The number of pyridine rings is 1. The number of ether oxygens (including phenoxy) is 1. The van der Waals surface area contributed by atoms with Crippen molar-refractivity contribution in [3.63, 3.8) is 0 Å². The summed E-state index contributed by atoms with van der Waals surface area (Å²) in [4.78, 5) is 11.3. The molecule has 0 saturated carbocycles. The van der Waals surface area contributed by atoms with Crippen LogP contribution in [0.2, 0.25) is 0 Å². The average molecular weight is 306 g/mol. The minimum atomic E-state index is 0.718. The topological polar surface area (TPSA) is 50.3 Å². The molecule has 0 aliphatic heterocycles. The van der Waals surface area contributed by atoms with Crippen LogP contribution in [-0.4, -0.2) is 37.3 Å². The fourth-order valence-electron chi connectivity index (χ4n) is 1.94. The van der Waals surface area contributed by atoms with Crippen LogP contribution in [0.3, 0.4) is 0 Å². The molecule has 21 heavy (non-hydrogen) atoms. The number of aryl methyl sites for hydroxylation is 1. The molecule has 1 N–H and O–H groups in total. The highest BCUT2D eigenvalue weighted by molar-refractivity contribution is 7.13. The molecule has 0 bridgehead atoms. The van der Waals surface area contributed by atoms with Gasteiger partial charge in [0.25, 0.3) is 0 Å². The third-order valence-corrected chi connectivity index (χ3v) is 4.00. The number of thiazole rings is 1. The van der Waals surface area contributed by atoms with Gasteiger partial charge in [0.05, 0.1) is 24.5 Å². The second-order valence-corrected chi connectivity index (χ2v) is 5.75. The van der Waals surface area contributed by atoms with E-state index in [0.717, 1.165) is 48.5 Å². The van der Waals surface area contributed by atoms with Gasteiger partial charge in [-0.1, -0.05) is 6.07 Å². The lowest BCUT2D eigenvalue weighted by Gasteiger charge is -2.15. The Hall–Kier alpha value is -1.50. The van der Waals surface area contributed by atoms with Crippen molar-refractivity contribution in [3.8, 4) is 0 Å². The van der Waals surface area contributed by atoms with Crippen LogP contribution in [0.15, 0.2) is 23.6 Å². The van der Waals surface area contributed by atoms with Crippen molar-refractivity contribution in [2.24, 2.45) is 0 Å². The minimum Gasteiger partial charge on any atom is -0.383 e. The lowest BCUT2D eigenvalue weighted by molar-refractivity contribution is 0.199. The third kappa shape index (κ3) is 5.08. The van der Waals surface area contributed by atoms with Gasteiger partial charge >= 0.3 is 0 Å². The van der Waals surface area contributed by atoms with Crippen molar-refractivity contribution in [1.82, 2.24) is 15.3 Å². The maximum atomic E-state index is 5.00. The van der Waals surface area contributed by atoms with Gasteiger partial charge in [0.15, 0.2) is 5.13 Å². The van der Waals surface area contributed by atoms with Crippen LogP contribution in [0.4, 0.5) is 5.13 Å². The molecule has 0 atom stereocenters. The zero-order chi connectivity index (χ0) is 15.1. The van der Waals surface area contributed by atoms with Gasteiger partial charge in [-0.05, 0) is 19.1 Å². The van der Waals surface area contributed by atoms with E-state index in [-0.39, 0.29) is 0 Å². The highest BCUT2D eigenvalue weighted by Crippen LogP contribution is 2.20. The summed E-state index contributed by atoms with van der Waals surface area (Å²) in [6.07, 6.45) is 0. The van der Waals surface area contributed by atoms with Crippen molar-refractivity contribution < 1.29 is 4.74 Å². The first-order valence-corrected chi connectivity index (χ1v) is 7.84. The van der Waals surface area contributed by atoms with Crippen molar-refractivity contribution in [3.05, 3.63) is 40.7 Å². The molecule has 0 aromatic carbocycles. The van der Waals surface area contributed by atoms with Crippen molar-refractivity contribution in [2.75, 3.05) is 32.2 Å². The predicted molar refractivity (Wildman–Crippen MR) is 86.8 cm³/mol. The van der Waals surface area contributed by atoms with E-state index < -0.39 is 0 Å². The molecule has 0 spiro atoms. The van der Waals surface area contributed by atoms with E-state index in [0.29, 0.717) is 0 Å². The van der Waals surface area contributed by atoms with Crippen LogP contribution in [0.1, 0.15) is 17.1 Å². The van der Waals surface area contributed by atoms with Gasteiger partial charge in [-0.25, -0.2) is 4.98 Å². The van der Waals surface area contributed by atoms with Crippen molar-refractivity contribution >= 4 is 16.5 Å². The molecule has 2 heterocycles. The molecule has 0 aliphatic rings. The Kier molecular flexibility index (Phi) is 6.10. The highest BCUT2D eigenvalue weighted by Gasteiger charge is 2.08. The average Bonchev–Trinajstić information content (AvgIpc) is 2.93. The van der Waals surface area contributed by atoms with Gasteiger partial charge in [0.1, 0.15) is 0 Å². The fourth-order valence-corrected chi connectivity index (χ4v) is 2.73. The Morgan fingerprint density at radius 3 is 2.90 bits per heavy atom. The van der Waals surface area contributed by atoms with Gasteiger partial charge in [0.2, 0.25) is 0 Å². The smallest absolute Gasteiger partial charge is 0.185 e.